The Labute approximate surface area is 118 Å². The lowest BCUT2D eigenvalue weighted by atomic mass is 10.1. The Morgan fingerprint density at radius 1 is 1.16 bits per heavy atom. The molecule has 1 heterocycles. The fraction of sp³-hybridized carbons (Fsp3) is 0.688. The van der Waals surface area contributed by atoms with E-state index in [1.54, 1.807) is 0 Å². The van der Waals surface area contributed by atoms with Crippen LogP contribution in [0.5, 0.6) is 0 Å². The number of hydrogen-bond donors (Lipinski definition) is 1. The molecule has 0 saturated heterocycles. The number of aryl methyl sites for hydroxylation is 2. The molecule has 3 heteroatoms. The zero-order chi connectivity index (χ0) is 14.3. The largest absolute Gasteiger partial charge is 0.357 e. The van der Waals surface area contributed by atoms with Crippen molar-refractivity contribution in [2.75, 3.05) is 24.5 Å². The van der Waals surface area contributed by atoms with Crippen molar-refractivity contribution in [1.29, 1.82) is 0 Å². The first-order valence-electron chi connectivity index (χ1n) is 7.56. The predicted molar refractivity (Wildman–Crippen MR) is 83.9 cm³/mol. The molecule has 1 rings (SSSR count). The summed E-state index contributed by atoms with van der Waals surface area (Å²) >= 11 is 0. The first-order valence-corrected chi connectivity index (χ1v) is 7.56. The van der Waals surface area contributed by atoms with Gasteiger partial charge in [0.15, 0.2) is 0 Å². The van der Waals surface area contributed by atoms with Crippen LogP contribution in [-0.4, -0.2) is 24.6 Å². The van der Waals surface area contributed by atoms with E-state index in [4.69, 9.17) is 4.98 Å². The predicted octanol–water partition coefficient (Wildman–Crippen LogP) is 3.43. The smallest absolute Gasteiger partial charge is 0.133 e. The van der Waals surface area contributed by atoms with Crippen molar-refractivity contribution in [2.24, 2.45) is 0 Å². The second-order valence-electron chi connectivity index (χ2n) is 5.14. The molecule has 0 saturated carbocycles. The van der Waals surface area contributed by atoms with Gasteiger partial charge in [0.25, 0.3) is 0 Å². The quantitative estimate of drug-likeness (QED) is 0.728. The number of nitrogens with one attached hydrogen (secondary N) is 1. The lowest BCUT2D eigenvalue weighted by molar-refractivity contribution is 0.665. The molecule has 0 aliphatic heterocycles. The molecule has 0 amide bonds. The molecule has 108 valence electrons. The van der Waals surface area contributed by atoms with Crippen LogP contribution in [0.4, 0.5) is 5.82 Å². The van der Waals surface area contributed by atoms with E-state index >= 15 is 0 Å². The number of rotatable bonds is 8. The van der Waals surface area contributed by atoms with Crippen LogP contribution in [0.1, 0.15) is 50.4 Å². The summed E-state index contributed by atoms with van der Waals surface area (Å²) in [7, 11) is 0. The number of pyridine rings is 1. The van der Waals surface area contributed by atoms with Gasteiger partial charge in [-0.15, -0.1) is 0 Å². The molecule has 0 aliphatic carbocycles. The van der Waals surface area contributed by atoms with Crippen LogP contribution in [-0.2, 0) is 6.54 Å². The molecule has 0 atom stereocenters. The molecule has 1 aromatic heterocycles. The molecule has 0 radical (unpaired) electrons. The topological polar surface area (TPSA) is 28.2 Å². The normalized spacial score (nSPS) is 10.8. The van der Waals surface area contributed by atoms with Gasteiger partial charge in [-0.1, -0.05) is 13.8 Å². The van der Waals surface area contributed by atoms with Crippen molar-refractivity contribution < 1.29 is 0 Å². The molecular formula is C16H29N3. The summed E-state index contributed by atoms with van der Waals surface area (Å²) in [6.45, 7) is 15.0. The van der Waals surface area contributed by atoms with Gasteiger partial charge in [0.2, 0.25) is 0 Å². The summed E-state index contributed by atoms with van der Waals surface area (Å²) < 4.78 is 0. The van der Waals surface area contributed by atoms with Gasteiger partial charge in [0, 0.05) is 30.9 Å². The molecule has 0 aliphatic rings. The van der Waals surface area contributed by atoms with Crippen LogP contribution in [0.15, 0.2) is 6.07 Å². The minimum Gasteiger partial charge on any atom is -0.357 e. The molecule has 1 N–H and O–H groups in total. The standard InChI is InChI=1S/C16H29N3/c1-6-9-17-12-15-13(4)11-14(5)18-16(15)19(8-3)10-7-2/h11,17H,6-10,12H2,1-5H3. The zero-order valence-electron chi connectivity index (χ0n) is 13.2. The average molecular weight is 263 g/mol. The Morgan fingerprint density at radius 3 is 2.47 bits per heavy atom. The third kappa shape index (κ3) is 4.50. The molecule has 3 nitrogen and oxygen atoms in total. The maximum atomic E-state index is 4.79. The van der Waals surface area contributed by atoms with E-state index in [9.17, 15) is 0 Å². The average Bonchev–Trinajstić information content (AvgIpc) is 2.38. The van der Waals surface area contributed by atoms with Gasteiger partial charge in [-0.2, -0.15) is 0 Å². The number of nitrogens with zero attached hydrogens (tertiary/aromatic N) is 2. The maximum Gasteiger partial charge on any atom is 0.133 e. The van der Waals surface area contributed by atoms with Gasteiger partial charge in [-0.05, 0) is 51.8 Å². The van der Waals surface area contributed by atoms with Gasteiger partial charge in [0.05, 0.1) is 0 Å². The van der Waals surface area contributed by atoms with E-state index < -0.39 is 0 Å². The van der Waals surface area contributed by atoms with E-state index in [0.29, 0.717) is 0 Å². The lowest BCUT2D eigenvalue weighted by Gasteiger charge is -2.25. The first kappa shape index (κ1) is 16.0. The minimum absolute atomic E-state index is 0.919. The van der Waals surface area contributed by atoms with Crippen molar-refractivity contribution in [3.63, 3.8) is 0 Å². The van der Waals surface area contributed by atoms with Crippen LogP contribution in [0.25, 0.3) is 0 Å². The van der Waals surface area contributed by atoms with Crippen LogP contribution in [0.3, 0.4) is 0 Å². The zero-order valence-corrected chi connectivity index (χ0v) is 13.2. The molecule has 0 fully saturated rings. The highest BCUT2D eigenvalue weighted by atomic mass is 15.2. The fourth-order valence-corrected chi connectivity index (χ4v) is 2.40. The van der Waals surface area contributed by atoms with Gasteiger partial charge in [-0.25, -0.2) is 4.98 Å². The Morgan fingerprint density at radius 2 is 1.89 bits per heavy atom. The van der Waals surface area contributed by atoms with Gasteiger partial charge in [-0.3, -0.25) is 0 Å². The van der Waals surface area contributed by atoms with Crippen molar-refractivity contribution in [2.45, 2.75) is 54.0 Å². The molecule has 19 heavy (non-hydrogen) atoms. The van der Waals surface area contributed by atoms with Crippen molar-refractivity contribution >= 4 is 5.82 Å². The fourth-order valence-electron chi connectivity index (χ4n) is 2.40. The van der Waals surface area contributed by atoms with Crippen LogP contribution < -0.4 is 10.2 Å². The molecule has 1 aromatic rings. The van der Waals surface area contributed by atoms with E-state index in [1.807, 2.05) is 0 Å². The number of aromatic nitrogens is 1. The third-order valence-electron chi connectivity index (χ3n) is 3.36. The number of hydrogen-bond acceptors (Lipinski definition) is 3. The van der Waals surface area contributed by atoms with Crippen LogP contribution >= 0.6 is 0 Å². The summed E-state index contributed by atoms with van der Waals surface area (Å²) in [5, 5.41) is 3.51. The highest BCUT2D eigenvalue weighted by Gasteiger charge is 2.13. The van der Waals surface area contributed by atoms with Gasteiger partial charge in [0.1, 0.15) is 5.82 Å². The second kappa shape index (κ2) is 8.16. The van der Waals surface area contributed by atoms with Crippen molar-refractivity contribution in [3.8, 4) is 0 Å². The second-order valence-corrected chi connectivity index (χ2v) is 5.14. The lowest BCUT2D eigenvalue weighted by Crippen LogP contribution is -2.28. The van der Waals surface area contributed by atoms with E-state index in [-0.39, 0.29) is 0 Å². The molecule has 0 unspecified atom stereocenters. The Bertz CT molecular complexity index is 388. The minimum atomic E-state index is 0.919. The Hall–Kier alpha value is -1.09. The van der Waals surface area contributed by atoms with Crippen molar-refractivity contribution in [1.82, 2.24) is 10.3 Å². The van der Waals surface area contributed by atoms with E-state index in [1.165, 1.54) is 23.4 Å². The summed E-state index contributed by atoms with van der Waals surface area (Å²) in [6.07, 6.45) is 2.32. The first-order chi connectivity index (χ1) is 9.13. The summed E-state index contributed by atoms with van der Waals surface area (Å²) in [4.78, 5) is 7.18. The molecule has 0 bridgehead atoms. The molecule has 0 aromatic carbocycles. The third-order valence-corrected chi connectivity index (χ3v) is 3.36. The van der Waals surface area contributed by atoms with Crippen LogP contribution in [0.2, 0.25) is 0 Å². The summed E-state index contributed by atoms with van der Waals surface area (Å²) in [5.41, 5.74) is 3.82. The Kier molecular flexibility index (Phi) is 6.85. The highest BCUT2D eigenvalue weighted by Crippen LogP contribution is 2.22. The summed E-state index contributed by atoms with van der Waals surface area (Å²) in [6, 6.07) is 2.19. The van der Waals surface area contributed by atoms with Gasteiger partial charge >= 0.3 is 0 Å². The number of anilines is 1. The van der Waals surface area contributed by atoms with E-state index in [2.05, 4.69) is 50.9 Å². The molecule has 0 spiro atoms. The van der Waals surface area contributed by atoms with Gasteiger partial charge < -0.3 is 10.2 Å². The SMILES string of the molecule is CCCNCc1c(C)cc(C)nc1N(CC)CCC. The van der Waals surface area contributed by atoms with E-state index in [0.717, 1.165) is 38.3 Å². The monoisotopic (exact) mass is 263 g/mol. The highest BCUT2D eigenvalue weighted by molar-refractivity contribution is 5.51. The maximum absolute atomic E-state index is 4.79. The molecular weight excluding hydrogens is 234 g/mol. The Balaban J connectivity index is 3.03. The summed E-state index contributed by atoms with van der Waals surface area (Å²) in [5.74, 6) is 1.17. The van der Waals surface area contributed by atoms with Crippen molar-refractivity contribution in [3.05, 3.63) is 22.9 Å². The van der Waals surface area contributed by atoms with Crippen LogP contribution in [0, 0.1) is 13.8 Å².